The van der Waals surface area contributed by atoms with Gasteiger partial charge < -0.3 is 9.84 Å². The Morgan fingerprint density at radius 3 is 2.62 bits per heavy atom. The number of aromatic hydroxyl groups is 1. The maximum absolute atomic E-state index is 11.0. The molecule has 1 N–H and O–H groups in total. The van der Waals surface area contributed by atoms with E-state index in [9.17, 15) is 9.90 Å². The van der Waals surface area contributed by atoms with Crippen molar-refractivity contribution < 1.29 is 14.6 Å². The van der Waals surface area contributed by atoms with Gasteiger partial charge in [-0.05, 0) is 35.0 Å². The summed E-state index contributed by atoms with van der Waals surface area (Å²) in [7, 11) is 1.50. The first-order valence-corrected chi connectivity index (χ1v) is 4.43. The van der Waals surface area contributed by atoms with E-state index < -0.39 is 0 Å². The number of phenolic OH excluding ortho intramolecular Hbond substituents is 1. The van der Waals surface area contributed by atoms with Crippen LogP contribution in [-0.4, -0.2) is 18.0 Å². The van der Waals surface area contributed by atoms with Gasteiger partial charge in [0.05, 0.1) is 17.1 Å². The summed E-state index contributed by atoms with van der Waals surface area (Å²) < 4.78 is 5.60. The monoisotopic (exact) mass is 244 g/mol. The van der Waals surface area contributed by atoms with E-state index in [2.05, 4.69) is 15.9 Å². The highest BCUT2D eigenvalue weighted by atomic mass is 79.9. The minimum Gasteiger partial charge on any atom is -0.507 e. The molecule has 0 fully saturated rings. The van der Waals surface area contributed by atoms with Gasteiger partial charge in [-0.25, -0.2) is 0 Å². The third-order valence-electron chi connectivity index (χ3n) is 1.65. The number of benzene rings is 1. The fraction of sp³-hybridized carbons (Fsp3) is 0.222. The largest absolute Gasteiger partial charge is 0.507 e. The molecule has 0 saturated heterocycles. The molecule has 13 heavy (non-hydrogen) atoms. The van der Waals surface area contributed by atoms with Gasteiger partial charge >= 0.3 is 0 Å². The molecule has 4 heteroatoms. The predicted octanol–water partition coefficient (Wildman–Crippen LogP) is 2.37. The van der Waals surface area contributed by atoms with Crippen LogP contribution in [0.5, 0.6) is 11.5 Å². The number of hydrogen-bond acceptors (Lipinski definition) is 3. The molecule has 0 bridgehead atoms. The van der Waals surface area contributed by atoms with Crippen molar-refractivity contribution in [2.45, 2.75) is 6.92 Å². The summed E-state index contributed by atoms with van der Waals surface area (Å²) in [5.41, 5.74) is 0.264. The Morgan fingerprint density at radius 1 is 1.54 bits per heavy atom. The molecule has 3 nitrogen and oxygen atoms in total. The summed E-state index contributed by atoms with van der Waals surface area (Å²) in [5, 5.41) is 9.38. The number of hydrogen-bond donors (Lipinski definition) is 1. The highest BCUT2D eigenvalue weighted by Gasteiger charge is 2.10. The molecule has 0 aromatic heterocycles. The Labute approximate surface area is 84.5 Å². The number of methoxy groups -OCH3 is 1. The van der Waals surface area contributed by atoms with Crippen molar-refractivity contribution in [2.24, 2.45) is 0 Å². The fourth-order valence-corrected chi connectivity index (χ4v) is 1.47. The molecule has 0 radical (unpaired) electrons. The summed E-state index contributed by atoms with van der Waals surface area (Å²) in [6, 6.07) is 2.94. The van der Waals surface area contributed by atoms with Gasteiger partial charge in [0.25, 0.3) is 0 Å². The molecule has 0 unspecified atom stereocenters. The highest BCUT2D eigenvalue weighted by molar-refractivity contribution is 9.10. The van der Waals surface area contributed by atoms with Crippen molar-refractivity contribution in [2.75, 3.05) is 7.11 Å². The summed E-state index contributed by atoms with van der Waals surface area (Å²) >= 11 is 3.19. The smallest absolute Gasteiger partial charge is 0.163 e. The molecule has 1 rings (SSSR count). The number of Topliss-reactive ketones (excluding diaryl/α,β-unsaturated/α-hetero) is 1. The average Bonchev–Trinajstić information content (AvgIpc) is 2.03. The molecule has 0 aliphatic rings. The van der Waals surface area contributed by atoms with Crippen molar-refractivity contribution in [3.8, 4) is 11.5 Å². The van der Waals surface area contributed by atoms with E-state index in [0.29, 0.717) is 10.2 Å². The van der Waals surface area contributed by atoms with Gasteiger partial charge in [-0.2, -0.15) is 0 Å². The van der Waals surface area contributed by atoms with Crippen LogP contribution in [0.2, 0.25) is 0 Å². The fourth-order valence-electron chi connectivity index (χ4n) is 0.981. The van der Waals surface area contributed by atoms with E-state index in [4.69, 9.17) is 4.74 Å². The van der Waals surface area contributed by atoms with Gasteiger partial charge in [0.1, 0.15) is 11.5 Å². The van der Waals surface area contributed by atoms with Crippen LogP contribution in [0.1, 0.15) is 17.3 Å². The van der Waals surface area contributed by atoms with E-state index in [0.717, 1.165) is 0 Å². The van der Waals surface area contributed by atoms with Crippen LogP contribution >= 0.6 is 15.9 Å². The lowest BCUT2D eigenvalue weighted by molar-refractivity contribution is 0.101. The number of ketones is 1. The van der Waals surface area contributed by atoms with Crippen LogP contribution in [-0.2, 0) is 0 Å². The third kappa shape index (κ3) is 2.01. The van der Waals surface area contributed by atoms with Crippen LogP contribution in [0.25, 0.3) is 0 Å². The van der Waals surface area contributed by atoms with Crippen molar-refractivity contribution >= 4 is 21.7 Å². The van der Waals surface area contributed by atoms with E-state index in [1.54, 1.807) is 0 Å². The molecule has 0 heterocycles. The minimum atomic E-state index is -0.191. The topological polar surface area (TPSA) is 46.5 Å². The first kappa shape index (κ1) is 10.1. The summed E-state index contributed by atoms with van der Waals surface area (Å²) in [5.74, 6) is 0.298. The molecule has 0 spiro atoms. The van der Waals surface area contributed by atoms with Gasteiger partial charge in [0, 0.05) is 0 Å². The van der Waals surface area contributed by atoms with Gasteiger partial charge in [-0.15, -0.1) is 0 Å². The zero-order valence-electron chi connectivity index (χ0n) is 7.30. The number of ether oxygens (including phenoxy) is 1. The average molecular weight is 245 g/mol. The Morgan fingerprint density at radius 2 is 2.15 bits per heavy atom. The lowest BCUT2D eigenvalue weighted by Gasteiger charge is -2.06. The SMILES string of the molecule is COc1cc(C(C)=O)c(O)cc1Br. The zero-order valence-corrected chi connectivity index (χ0v) is 8.88. The van der Waals surface area contributed by atoms with Crippen LogP contribution in [0.3, 0.4) is 0 Å². The molecule has 1 aromatic carbocycles. The maximum Gasteiger partial charge on any atom is 0.163 e. The first-order valence-electron chi connectivity index (χ1n) is 3.63. The summed E-state index contributed by atoms with van der Waals surface area (Å²) in [6.45, 7) is 1.39. The number of halogens is 1. The van der Waals surface area contributed by atoms with Crippen LogP contribution in [0, 0.1) is 0 Å². The van der Waals surface area contributed by atoms with Gasteiger partial charge in [-0.3, -0.25) is 4.79 Å². The van der Waals surface area contributed by atoms with E-state index >= 15 is 0 Å². The van der Waals surface area contributed by atoms with Crippen molar-refractivity contribution in [3.05, 3.63) is 22.2 Å². The lowest BCUT2D eigenvalue weighted by atomic mass is 10.1. The van der Waals surface area contributed by atoms with Gasteiger partial charge in [0.2, 0.25) is 0 Å². The molecule has 70 valence electrons. The Kier molecular flexibility index (Phi) is 2.93. The Hall–Kier alpha value is -1.03. The lowest BCUT2D eigenvalue weighted by Crippen LogP contribution is -1.94. The molecule has 0 aliphatic carbocycles. The van der Waals surface area contributed by atoms with E-state index in [-0.39, 0.29) is 17.1 Å². The molecule has 0 saturated carbocycles. The van der Waals surface area contributed by atoms with Gasteiger partial charge in [0.15, 0.2) is 5.78 Å². The van der Waals surface area contributed by atoms with Crippen molar-refractivity contribution in [1.29, 1.82) is 0 Å². The number of carbonyl (C=O) groups is 1. The van der Waals surface area contributed by atoms with E-state index in [1.807, 2.05) is 0 Å². The molecular formula is C9H9BrO3. The minimum absolute atomic E-state index is 0.0415. The number of phenols is 1. The van der Waals surface area contributed by atoms with E-state index in [1.165, 1.54) is 26.2 Å². The summed E-state index contributed by atoms with van der Waals surface area (Å²) in [4.78, 5) is 11.0. The standard InChI is InChI=1S/C9H9BrO3/c1-5(11)6-3-9(13-2)7(10)4-8(6)12/h3-4,12H,1-2H3. The summed E-state index contributed by atoms with van der Waals surface area (Å²) in [6.07, 6.45) is 0. The molecule has 0 atom stereocenters. The molecule has 1 aromatic rings. The second kappa shape index (κ2) is 3.79. The number of rotatable bonds is 2. The second-order valence-corrected chi connectivity index (χ2v) is 3.41. The first-order chi connectivity index (χ1) is 6.06. The normalized spacial score (nSPS) is 9.77. The zero-order chi connectivity index (χ0) is 10.0. The highest BCUT2D eigenvalue weighted by Crippen LogP contribution is 2.32. The third-order valence-corrected chi connectivity index (χ3v) is 2.27. The van der Waals surface area contributed by atoms with Crippen molar-refractivity contribution in [1.82, 2.24) is 0 Å². The molecule has 0 aliphatic heterocycles. The number of carbonyl (C=O) groups excluding carboxylic acids is 1. The second-order valence-electron chi connectivity index (χ2n) is 2.56. The van der Waals surface area contributed by atoms with Gasteiger partial charge in [-0.1, -0.05) is 0 Å². The van der Waals surface area contributed by atoms with Crippen LogP contribution in [0.15, 0.2) is 16.6 Å². The maximum atomic E-state index is 11.0. The van der Waals surface area contributed by atoms with Crippen LogP contribution < -0.4 is 4.74 Å². The Balaban J connectivity index is 3.30. The Bertz CT molecular complexity index is 347. The predicted molar refractivity (Wildman–Crippen MR) is 52.4 cm³/mol. The van der Waals surface area contributed by atoms with Crippen LogP contribution in [0.4, 0.5) is 0 Å². The van der Waals surface area contributed by atoms with Crippen molar-refractivity contribution in [3.63, 3.8) is 0 Å². The molecule has 0 amide bonds. The quantitative estimate of drug-likeness (QED) is 0.813. The molecular weight excluding hydrogens is 236 g/mol.